The average Bonchev–Trinajstić information content (AvgIpc) is 2.72. The van der Waals surface area contributed by atoms with Gasteiger partial charge in [-0.3, -0.25) is 14.4 Å². The SMILES string of the molecule is C[C@@H]1C(=O)[C@@]23[C@@H]4OC(C)(C)O[C@@H]2C[C@@H]2C(C)(C)CCC(=O)[C@@]2(C)[C@@H]3C(=O)C[C@H]14. The fraction of sp³-hybridized carbons (Fsp3) is 0.870. The summed E-state index contributed by atoms with van der Waals surface area (Å²) in [5.74, 6) is -1.39. The van der Waals surface area contributed by atoms with E-state index in [-0.39, 0.29) is 52.7 Å². The third-order valence-electron chi connectivity index (χ3n) is 9.26. The molecule has 0 unspecified atom stereocenters. The highest BCUT2D eigenvalue weighted by molar-refractivity contribution is 6.04. The Morgan fingerprint density at radius 3 is 2.36 bits per heavy atom. The van der Waals surface area contributed by atoms with Gasteiger partial charge < -0.3 is 9.47 Å². The largest absolute Gasteiger partial charge is 0.346 e. The fourth-order valence-corrected chi connectivity index (χ4v) is 8.14. The maximum atomic E-state index is 13.8. The summed E-state index contributed by atoms with van der Waals surface area (Å²) in [4.78, 5) is 40.7. The summed E-state index contributed by atoms with van der Waals surface area (Å²) in [6.45, 7) is 12.1. The minimum atomic E-state index is -0.997. The zero-order valence-corrected chi connectivity index (χ0v) is 17.8. The third kappa shape index (κ3) is 1.89. The van der Waals surface area contributed by atoms with E-state index in [1.54, 1.807) is 0 Å². The number of hydrogen-bond donors (Lipinski definition) is 0. The standard InChI is InChI=1S/C23H32O5/c1-11-12-9-13(24)17-22(6)14(20(2,3)8-7-15(22)25)10-16-23(17,18(11)26)19(12)28-21(4,5)27-16/h11-12,14,16-17,19H,7-10H2,1-6H3/t11-,12+,14+,16+,17-,19+,22-,23+/m0/s1. The van der Waals surface area contributed by atoms with Crippen molar-refractivity contribution in [2.45, 2.75) is 85.2 Å². The maximum absolute atomic E-state index is 13.8. The Hall–Kier alpha value is -1.07. The van der Waals surface area contributed by atoms with E-state index in [2.05, 4.69) is 13.8 Å². The number of ether oxygens (including phenoxy) is 2. The lowest BCUT2D eigenvalue weighted by atomic mass is 9.39. The predicted molar refractivity (Wildman–Crippen MR) is 101 cm³/mol. The number of Topliss-reactive ketones (excluding diaryl/α,β-unsaturated/α-hetero) is 3. The van der Waals surface area contributed by atoms with Crippen LogP contribution >= 0.6 is 0 Å². The van der Waals surface area contributed by atoms with E-state index in [1.165, 1.54) is 0 Å². The maximum Gasteiger partial charge on any atom is 0.163 e. The van der Waals surface area contributed by atoms with E-state index >= 15 is 0 Å². The van der Waals surface area contributed by atoms with Gasteiger partial charge in [0.2, 0.25) is 0 Å². The van der Waals surface area contributed by atoms with Gasteiger partial charge in [0.05, 0.1) is 17.6 Å². The van der Waals surface area contributed by atoms with Crippen LogP contribution < -0.4 is 0 Å². The molecule has 4 saturated carbocycles. The molecule has 5 fully saturated rings. The van der Waals surface area contributed by atoms with Gasteiger partial charge in [0.15, 0.2) is 5.79 Å². The second-order valence-electron chi connectivity index (χ2n) is 11.4. The summed E-state index contributed by atoms with van der Waals surface area (Å²) < 4.78 is 12.8. The van der Waals surface area contributed by atoms with Crippen LogP contribution in [0.2, 0.25) is 0 Å². The fourth-order valence-electron chi connectivity index (χ4n) is 8.14. The number of fused-ring (bicyclic) bond motifs is 2. The topological polar surface area (TPSA) is 69.7 Å². The normalized spacial score (nSPS) is 53.6. The molecule has 1 aliphatic heterocycles. The van der Waals surface area contributed by atoms with Gasteiger partial charge in [-0.2, -0.15) is 0 Å². The van der Waals surface area contributed by atoms with E-state index in [9.17, 15) is 14.4 Å². The summed E-state index contributed by atoms with van der Waals surface area (Å²) in [6, 6.07) is 0. The highest BCUT2D eigenvalue weighted by atomic mass is 16.7. The van der Waals surface area contributed by atoms with Crippen molar-refractivity contribution >= 4 is 17.3 Å². The van der Waals surface area contributed by atoms with Gasteiger partial charge in [-0.25, -0.2) is 0 Å². The van der Waals surface area contributed by atoms with Crippen LogP contribution in [0.25, 0.3) is 0 Å². The van der Waals surface area contributed by atoms with E-state index in [0.29, 0.717) is 19.3 Å². The molecule has 0 N–H and O–H groups in total. The summed E-state index contributed by atoms with van der Waals surface area (Å²) in [5.41, 5.74) is -1.88. The molecule has 8 atom stereocenters. The molecule has 154 valence electrons. The minimum absolute atomic E-state index is 0.0284. The summed E-state index contributed by atoms with van der Waals surface area (Å²) in [7, 11) is 0. The Bertz CT molecular complexity index is 797. The average molecular weight is 389 g/mol. The van der Waals surface area contributed by atoms with E-state index in [4.69, 9.17) is 9.47 Å². The molecular formula is C23H32O5. The quantitative estimate of drug-likeness (QED) is 0.637. The van der Waals surface area contributed by atoms with Crippen LogP contribution in [0.3, 0.4) is 0 Å². The van der Waals surface area contributed by atoms with Crippen molar-refractivity contribution in [1.82, 2.24) is 0 Å². The number of rotatable bonds is 0. The van der Waals surface area contributed by atoms with Gasteiger partial charge >= 0.3 is 0 Å². The van der Waals surface area contributed by atoms with Crippen LogP contribution in [0.15, 0.2) is 0 Å². The van der Waals surface area contributed by atoms with Crippen LogP contribution in [-0.4, -0.2) is 35.3 Å². The molecule has 4 aliphatic carbocycles. The van der Waals surface area contributed by atoms with Gasteiger partial charge in [-0.05, 0) is 38.0 Å². The second kappa shape index (κ2) is 5.15. The lowest BCUT2D eigenvalue weighted by molar-refractivity contribution is -0.370. The Balaban J connectivity index is 1.78. The smallest absolute Gasteiger partial charge is 0.163 e. The Morgan fingerprint density at radius 1 is 1.00 bits per heavy atom. The third-order valence-corrected chi connectivity index (χ3v) is 9.26. The first-order valence-corrected chi connectivity index (χ1v) is 10.8. The van der Waals surface area contributed by atoms with Crippen molar-refractivity contribution < 1.29 is 23.9 Å². The molecule has 1 saturated heterocycles. The molecule has 2 bridgehead atoms. The summed E-state index contributed by atoms with van der Waals surface area (Å²) in [6.07, 6.45) is 1.59. The Labute approximate surface area is 166 Å². The van der Waals surface area contributed by atoms with Crippen molar-refractivity contribution in [2.24, 2.45) is 39.9 Å². The first-order chi connectivity index (χ1) is 12.9. The predicted octanol–water partition coefficient (Wildman–Crippen LogP) is 3.33. The van der Waals surface area contributed by atoms with Crippen molar-refractivity contribution in [3.63, 3.8) is 0 Å². The van der Waals surface area contributed by atoms with Crippen molar-refractivity contribution in [2.75, 3.05) is 0 Å². The van der Waals surface area contributed by atoms with Crippen LogP contribution in [-0.2, 0) is 23.9 Å². The van der Waals surface area contributed by atoms with E-state index in [0.717, 1.165) is 6.42 Å². The zero-order chi connectivity index (χ0) is 20.4. The lowest BCUT2D eigenvalue weighted by Gasteiger charge is -2.67. The van der Waals surface area contributed by atoms with Gasteiger partial charge in [0.25, 0.3) is 0 Å². The monoisotopic (exact) mass is 388 g/mol. The lowest BCUT2D eigenvalue weighted by Crippen LogP contribution is -2.75. The second-order valence-corrected chi connectivity index (χ2v) is 11.4. The number of carbonyl (C=O) groups excluding carboxylic acids is 3. The highest BCUT2D eigenvalue weighted by Gasteiger charge is 2.81. The van der Waals surface area contributed by atoms with Crippen LogP contribution in [0, 0.1) is 39.9 Å². The molecular weight excluding hydrogens is 356 g/mol. The molecule has 0 amide bonds. The van der Waals surface area contributed by atoms with Gasteiger partial charge in [-0.1, -0.05) is 27.7 Å². The van der Waals surface area contributed by atoms with Gasteiger partial charge in [0.1, 0.15) is 17.3 Å². The van der Waals surface area contributed by atoms with Crippen LogP contribution in [0.1, 0.15) is 67.2 Å². The highest BCUT2D eigenvalue weighted by Crippen LogP contribution is 2.72. The number of hydrogen-bond acceptors (Lipinski definition) is 5. The first kappa shape index (κ1) is 18.9. The van der Waals surface area contributed by atoms with Crippen molar-refractivity contribution in [3.05, 3.63) is 0 Å². The van der Waals surface area contributed by atoms with Gasteiger partial charge in [-0.15, -0.1) is 0 Å². The van der Waals surface area contributed by atoms with Crippen LogP contribution in [0.5, 0.6) is 0 Å². The molecule has 5 heteroatoms. The van der Waals surface area contributed by atoms with Crippen LogP contribution in [0.4, 0.5) is 0 Å². The summed E-state index contributed by atoms with van der Waals surface area (Å²) in [5, 5.41) is 0. The van der Waals surface area contributed by atoms with E-state index < -0.39 is 22.5 Å². The van der Waals surface area contributed by atoms with Crippen molar-refractivity contribution in [3.8, 4) is 0 Å². The van der Waals surface area contributed by atoms with E-state index in [1.807, 2.05) is 27.7 Å². The first-order valence-electron chi connectivity index (χ1n) is 10.8. The molecule has 0 aromatic rings. The molecule has 0 aromatic heterocycles. The molecule has 5 aliphatic rings. The summed E-state index contributed by atoms with van der Waals surface area (Å²) >= 11 is 0. The molecule has 0 radical (unpaired) electrons. The van der Waals surface area contributed by atoms with Crippen molar-refractivity contribution in [1.29, 1.82) is 0 Å². The number of ketones is 3. The Morgan fingerprint density at radius 2 is 1.68 bits per heavy atom. The number of carbonyl (C=O) groups is 3. The molecule has 1 spiro atoms. The Kier molecular flexibility index (Phi) is 3.48. The molecule has 5 nitrogen and oxygen atoms in total. The molecule has 28 heavy (non-hydrogen) atoms. The zero-order valence-electron chi connectivity index (χ0n) is 17.8. The molecule has 1 heterocycles. The minimum Gasteiger partial charge on any atom is -0.346 e. The molecule has 0 aromatic carbocycles. The molecule has 5 rings (SSSR count). The van der Waals surface area contributed by atoms with Gasteiger partial charge in [0, 0.05) is 36.0 Å².